The van der Waals surface area contributed by atoms with E-state index in [9.17, 15) is 4.79 Å². The lowest BCUT2D eigenvalue weighted by Crippen LogP contribution is -2.28. The maximum atomic E-state index is 11.7. The van der Waals surface area contributed by atoms with Gasteiger partial charge in [0.25, 0.3) is 5.91 Å². The van der Waals surface area contributed by atoms with Crippen LogP contribution in [-0.4, -0.2) is 40.9 Å². The van der Waals surface area contributed by atoms with E-state index in [1.54, 1.807) is 19.3 Å². The number of aromatic nitrogens is 2. The Morgan fingerprint density at radius 3 is 2.67 bits per heavy atom. The molecular weight excluding hydrogens is 338 g/mol. The summed E-state index contributed by atoms with van der Waals surface area (Å²) in [6, 6.07) is 7.71. The monoisotopic (exact) mass is 367 g/mol. The van der Waals surface area contributed by atoms with E-state index in [1.165, 1.54) is 11.1 Å². The Morgan fingerprint density at radius 1 is 1.30 bits per heavy atom. The van der Waals surface area contributed by atoms with Crippen LogP contribution >= 0.6 is 0 Å². The fourth-order valence-electron chi connectivity index (χ4n) is 3.11. The highest BCUT2D eigenvalue weighted by molar-refractivity contribution is 5.92. The molecule has 0 saturated carbocycles. The highest BCUT2D eigenvalue weighted by Crippen LogP contribution is 2.25. The molecule has 2 aromatic rings. The maximum absolute atomic E-state index is 11.7. The summed E-state index contributed by atoms with van der Waals surface area (Å²) in [5.74, 6) is 0.402. The molecule has 0 atom stereocenters. The fraction of sp³-hybridized carbons (Fsp3) is 0.381. The van der Waals surface area contributed by atoms with E-state index < -0.39 is 0 Å². The number of anilines is 1. The number of nitrogens with two attached hydrogens (primary N) is 1. The van der Waals surface area contributed by atoms with Gasteiger partial charge in [0.05, 0.1) is 0 Å². The van der Waals surface area contributed by atoms with E-state index in [4.69, 9.17) is 5.73 Å². The van der Waals surface area contributed by atoms with Gasteiger partial charge in [-0.3, -0.25) is 9.69 Å². The number of pyridine rings is 2. The largest absolute Gasteiger partial charge is 0.384 e. The van der Waals surface area contributed by atoms with Gasteiger partial charge in [-0.15, -0.1) is 0 Å². The minimum absolute atomic E-state index is 0.157. The lowest BCUT2D eigenvalue weighted by molar-refractivity contribution is 0.0958. The summed E-state index contributed by atoms with van der Waals surface area (Å²) < 4.78 is 0. The van der Waals surface area contributed by atoms with Crippen LogP contribution < -0.4 is 11.1 Å². The Kier molecular flexibility index (Phi) is 7.49. The number of nitrogens with one attached hydrogen (secondary N) is 1. The van der Waals surface area contributed by atoms with Crippen LogP contribution in [0.25, 0.3) is 5.57 Å². The van der Waals surface area contributed by atoms with E-state index in [1.807, 2.05) is 39.0 Å². The minimum Gasteiger partial charge on any atom is -0.384 e. The normalized spacial score (nSPS) is 14.0. The second-order valence-electron chi connectivity index (χ2n) is 6.21. The van der Waals surface area contributed by atoms with Gasteiger partial charge in [-0.1, -0.05) is 26.0 Å². The van der Waals surface area contributed by atoms with Crippen molar-refractivity contribution in [3.8, 4) is 0 Å². The molecule has 27 heavy (non-hydrogen) atoms. The highest BCUT2D eigenvalue weighted by atomic mass is 16.1. The molecule has 6 nitrogen and oxygen atoms in total. The zero-order chi connectivity index (χ0) is 19.8. The molecule has 0 spiro atoms. The molecule has 144 valence electrons. The molecule has 1 aliphatic rings. The maximum Gasteiger partial charge on any atom is 0.269 e. The first-order chi connectivity index (χ1) is 13.1. The van der Waals surface area contributed by atoms with Gasteiger partial charge in [0.2, 0.25) is 0 Å². The Hall–Kier alpha value is -2.73. The van der Waals surface area contributed by atoms with Crippen LogP contribution in [0.4, 0.5) is 5.82 Å². The van der Waals surface area contributed by atoms with E-state index >= 15 is 0 Å². The molecule has 3 N–H and O–H groups in total. The Labute approximate surface area is 161 Å². The van der Waals surface area contributed by atoms with Gasteiger partial charge in [-0.25, -0.2) is 9.97 Å². The molecule has 0 saturated heterocycles. The third-order valence-corrected chi connectivity index (χ3v) is 4.44. The van der Waals surface area contributed by atoms with Crippen molar-refractivity contribution in [2.45, 2.75) is 33.7 Å². The predicted octanol–water partition coefficient (Wildman–Crippen LogP) is 3.04. The molecule has 0 aromatic carbocycles. The number of nitrogens with zero attached hydrogens (tertiary/aromatic N) is 3. The number of nitrogen functional groups attached to an aromatic ring is 1. The van der Waals surface area contributed by atoms with Gasteiger partial charge in [0.1, 0.15) is 11.5 Å². The van der Waals surface area contributed by atoms with Crippen LogP contribution in [0.15, 0.2) is 36.5 Å². The zero-order valence-corrected chi connectivity index (χ0v) is 16.6. The molecule has 0 aliphatic carbocycles. The zero-order valence-electron chi connectivity index (χ0n) is 16.6. The van der Waals surface area contributed by atoms with Crippen LogP contribution in [-0.2, 0) is 6.54 Å². The fourth-order valence-corrected chi connectivity index (χ4v) is 3.11. The molecule has 6 heteroatoms. The van der Waals surface area contributed by atoms with E-state index in [2.05, 4.69) is 26.3 Å². The van der Waals surface area contributed by atoms with Crippen molar-refractivity contribution in [3.05, 3.63) is 59.1 Å². The molecule has 0 radical (unpaired) electrons. The van der Waals surface area contributed by atoms with E-state index in [0.29, 0.717) is 11.5 Å². The molecule has 1 amide bonds. The average molecular weight is 367 g/mol. The number of aryl methyl sites for hydroxylation is 1. The van der Waals surface area contributed by atoms with Crippen molar-refractivity contribution in [2.24, 2.45) is 0 Å². The summed E-state index contributed by atoms with van der Waals surface area (Å²) in [5.41, 5.74) is 10.7. The van der Waals surface area contributed by atoms with E-state index in [0.717, 1.165) is 37.3 Å². The van der Waals surface area contributed by atoms with Crippen LogP contribution in [0.1, 0.15) is 47.6 Å². The lowest BCUT2D eigenvalue weighted by atomic mass is 9.97. The van der Waals surface area contributed by atoms with Gasteiger partial charge >= 0.3 is 0 Å². The van der Waals surface area contributed by atoms with Crippen molar-refractivity contribution in [1.82, 2.24) is 20.2 Å². The standard InChI is InChI=1S/C19H23N5O.C2H6/c1-13-16(3-4-17(23-13)19(25)21-2)15-6-9-24(10-7-15)12-14-5-8-22-18(20)11-14;1-2/h3-6,8,11H,7,9-10,12H2,1-2H3,(H2,20,22)(H,21,25);1-2H3. The SMILES string of the molecule is CC.CNC(=O)c1ccc(C2=CCN(Cc3ccnc(N)c3)CC2)c(C)n1. The highest BCUT2D eigenvalue weighted by Gasteiger charge is 2.16. The third-order valence-electron chi connectivity index (χ3n) is 4.44. The van der Waals surface area contributed by atoms with Gasteiger partial charge < -0.3 is 11.1 Å². The number of rotatable bonds is 4. The van der Waals surface area contributed by atoms with Crippen molar-refractivity contribution in [2.75, 3.05) is 25.9 Å². The molecule has 0 bridgehead atoms. The number of hydrogen-bond acceptors (Lipinski definition) is 5. The van der Waals surface area contributed by atoms with Crippen LogP contribution in [0.5, 0.6) is 0 Å². The summed E-state index contributed by atoms with van der Waals surface area (Å²) in [5, 5.41) is 2.60. The van der Waals surface area contributed by atoms with Gasteiger partial charge in [-0.05, 0) is 48.2 Å². The Bertz CT molecular complexity index is 816. The summed E-state index contributed by atoms with van der Waals surface area (Å²) in [6.45, 7) is 8.68. The summed E-state index contributed by atoms with van der Waals surface area (Å²) in [4.78, 5) is 22.5. The number of carbonyl (C=O) groups excluding carboxylic acids is 1. The van der Waals surface area contributed by atoms with Crippen molar-refractivity contribution in [1.29, 1.82) is 0 Å². The second kappa shape index (κ2) is 9.83. The molecule has 3 heterocycles. The minimum atomic E-state index is -0.157. The third kappa shape index (κ3) is 5.37. The summed E-state index contributed by atoms with van der Waals surface area (Å²) in [7, 11) is 1.61. The topological polar surface area (TPSA) is 84.1 Å². The Balaban J connectivity index is 0.00000126. The van der Waals surface area contributed by atoms with Crippen molar-refractivity contribution >= 4 is 17.3 Å². The molecule has 0 fully saturated rings. The number of amides is 1. The smallest absolute Gasteiger partial charge is 0.269 e. The Morgan fingerprint density at radius 2 is 2.07 bits per heavy atom. The van der Waals surface area contributed by atoms with Crippen LogP contribution in [0.2, 0.25) is 0 Å². The average Bonchev–Trinajstić information content (AvgIpc) is 2.69. The molecule has 0 unspecified atom stereocenters. The van der Waals surface area contributed by atoms with E-state index in [-0.39, 0.29) is 5.91 Å². The molecular formula is C21H29N5O. The number of hydrogen-bond donors (Lipinski definition) is 2. The first-order valence-corrected chi connectivity index (χ1v) is 9.38. The van der Waals surface area contributed by atoms with Crippen molar-refractivity contribution in [3.63, 3.8) is 0 Å². The summed E-state index contributed by atoms with van der Waals surface area (Å²) >= 11 is 0. The van der Waals surface area contributed by atoms with Gasteiger partial charge in [0.15, 0.2) is 0 Å². The lowest BCUT2D eigenvalue weighted by Gasteiger charge is -2.27. The predicted molar refractivity (Wildman–Crippen MR) is 110 cm³/mol. The van der Waals surface area contributed by atoms with Gasteiger partial charge in [0, 0.05) is 38.6 Å². The number of carbonyl (C=O) groups is 1. The quantitative estimate of drug-likeness (QED) is 0.868. The first kappa shape index (κ1) is 20.6. The van der Waals surface area contributed by atoms with Crippen molar-refractivity contribution < 1.29 is 4.79 Å². The van der Waals surface area contributed by atoms with Gasteiger partial charge in [-0.2, -0.15) is 0 Å². The first-order valence-electron chi connectivity index (χ1n) is 9.38. The molecule has 3 rings (SSSR count). The van der Waals surface area contributed by atoms with Crippen LogP contribution in [0.3, 0.4) is 0 Å². The second-order valence-corrected chi connectivity index (χ2v) is 6.21. The summed E-state index contributed by atoms with van der Waals surface area (Å²) in [6.07, 6.45) is 4.96. The molecule has 2 aromatic heterocycles. The van der Waals surface area contributed by atoms with Crippen LogP contribution in [0, 0.1) is 6.92 Å². The molecule has 1 aliphatic heterocycles.